The van der Waals surface area contributed by atoms with Crippen molar-refractivity contribution >= 4 is 11.7 Å². The minimum absolute atomic E-state index is 0.0557. The second-order valence-corrected chi connectivity index (χ2v) is 11.4. The van der Waals surface area contributed by atoms with E-state index in [2.05, 4.69) is 18.7 Å². The molecule has 3 aliphatic heterocycles. The number of nitrogens with zero attached hydrogens (tertiary/aromatic N) is 2. The molecule has 0 radical (unpaired) electrons. The molecule has 34 heavy (non-hydrogen) atoms. The van der Waals surface area contributed by atoms with Gasteiger partial charge in [0.05, 0.1) is 17.6 Å². The van der Waals surface area contributed by atoms with Crippen LogP contribution in [0.3, 0.4) is 0 Å². The van der Waals surface area contributed by atoms with Crippen molar-refractivity contribution in [3.8, 4) is 0 Å². The van der Waals surface area contributed by atoms with Crippen molar-refractivity contribution in [2.45, 2.75) is 63.5 Å². The Hall–Kier alpha value is -1.80. The third-order valence-electron chi connectivity index (χ3n) is 9.56. The highest BCUT2D eigenvalue weighted by Crippen LogP contribution is 2.70. The highest BCUT2D eigenvalue weighted by atomic mass is 19.4. The molecule has 0 unspecified atom stereocenters. The summed E-state index contributed by atoms with van der Waals surface area (Å²) in [7, 11) is 0. The van der Waals surface area contributed by atoms with E-state index < -0.39 is 11.7 Å². The van der Waals surface area contributed by atoms with Crippen molar-refractivity contribution < 1.29 is 27.4 Å². The quantitative estimate of drug-likeness (QED) is 0.478. The van der Waals surface area contributed by atoms with E-state index in [0.29, 0.717) is 44.3 Å². The number of esters is 1. The van der Waals surface area contributed by atoms with Crippen molar-refractivity contribution in [3.63, 3.8) is 0 Å². The van der Waals surface area contributed by atoms with Crippen LogP contribution in [-0.2, 0) is 20.4 Å². The normalized spacial score (nSPS) is 42.0. The standard InChI is InChI=1S/C26H33F3N2O3/c1-16-5-4-8-24(2)14-20-21(22-25(16,24)34-22)19(23(32)33-20)15-30-9-11-31(12-10-30)18-7-3-6-17(13-18)26(27,28)29/h3,6-7,13,16,19-22H,4-5,8-12,14-15H2,1-2H3/t16-,19+,20+,21+,22+,24+,25-/m0/s1. The highest BCUT2D eigenvalue weighted by molar-refractivity contribution is 5.76. The molecule has 8 heteroatoms. The van der Waals surface area contributed by atoms with Gasteiger partial charge in [0.2, 0.25) is 0 Å². The number of fused-ring (bicyclic) bond motifs is 2. The Morgan fingerprint density at radius 2 is 1.94 bits per heavy atom. The van der Waals surface area contributed by atoms with E-state index in [0.717, 1.165) is 18.9 Å². The number of piperazine rings is 1. The summed E-state index contributed by atoms with van der Waals surface area (Å²) in [6, 6.07) is 5.53. The molecule has 2 aliphatic carbocycles. The molecule has 0 bridgehead atoms. The molecule has 5 nitrogen and oxygen atoms in total. The van der Waals surface area contributed by atoms with Crippen molar-refractivity contribution in [2.24, 2.45) is 23.2 Å². The van der Waals surface area contributed by atoms with Gasteiger partial charge in [-0.05, 0) is 43.4 Å². The van der Waals surface area contributed by atoms with Gasteiger partial charge < -0.3 is 14.4 Å². The lowest BCUT2D eigenvalue weighted by Crippen LogP contribution is -2.55. The van der Waals surface area contributed by atoms with Gasteiger partial charge in [0.1, 0.15) is 11.7 Å². The number of ether oxygens (including phenoxy) is 2. The Bertz CT molecular complexity index is 978. The zero-order valence-electron chi connectivity index (χ0n) is 19.8. The number of hydrogen-bond acceptors (Lipinski definition) is 5. The maximum atomic E-state index is 13.1. The zero-order chi connectivity index (χ0) is 23.9. The van der Waals surface area contributed by atoms with Gasteiger partial charge >= 0.3 is 12.1 Å². The predicted molar refractivity (Wildman–Crippen MR) is 120 cm³/mol. The lowest BCUT2D eigenvalue weighted by Gasteiger charge is -2.49. The molecule has 0 aromatic heterocycles. The molecule has 3 saturated heterocycles. The number of benzene rings is 1. The molecule has 186 valence electrons. The summed E-state index contributed by atoms with van der Waals surface area (Å²) in [5.41, 5.74) is -0.0314. The first-order valence-corrected chi connectivity index (χ1v) is 12.7. The highest BCUT2D eigenvalue weighted by Gasteiger charge is 2.78. The fourth-order valence-corrected chi connectivity index (χ4v) is 7.79. The number of epoxide rings is 1. The Morgan fingerprint density at radius 3 is 2.68 bits per heavy atom. The molecular formula is C26H33F3N2O3. The van der Waals surface area contributed by atoms with Crippen molar-refractivity contribution in [1.82, 2.24) is 4.90 Å². The SMILES string of the molecule is C[C@H]1CCC[C@]2(C)C[C@H]3OC(=O)[C@H](CN4CCN(c5cccc(C(F)(F)F)c5)CC4)[C@H]3[C@H]3O[C@]312. The van der Waals surface area contributed by atoms with E-state index in [1.54, 1.807) is 6.07 Å². The lowest BCUT2D eigenvalue weighted by molar-refractivity contribution is -0.146. The van der Waals surface area contributed by atoms with Crippen molar-refractivity contribution in [1.29, 1.82) is 0 Å². The third-order valence-corrected chi connectivity index (χ3v) is 9.56. The first kappa shape index (κ1) is 22.7. The van der Waals surface area contributed by atoms with Crippen LogP contribution >= 0.6 is 0 Å². The number of halogens is 3. The molecule has 5 aliphatic rings. The average Bonchev–Trinajstić information content (AvgIpc) is 3.48. The molecule has 2 saturated carbocycles. The molecular weight excluding hydrogens is 445 g/mol. The zero-order valence-corrected chi connectivity index (χ0v) is 19.8. The second kappa shape index (κ2) is 7.60. The van der Waals surface area contributed by atoms with Crippen LogP contribution in [0.5, 0.6) is 0 Å². The van der Waals surface area contributed by atoms with Crippen LogP contribution in [0.2, 0.25) is 0 Å². The van der Waals surface area contributed by atoms with Crippen LogP contribution in [-0.4, -0.2) is 61.4 Å². The van der Waals surface area contributed by atoms with E-state index in [4.69, 9.17) is 9.47 Å². The monoisotopic (exact) mass is 478 g/mol. The summed E-state index contributed by atoms with van der Waals surface area (Å²) in [6.07, 6.45) is 0.127. The minimum Gasteiger partial charge on any atom is -0.462 e. The van der Waals surface area contributed by atoms with Gasteiger partial charge in [-0.2, -0.15) is 13.2 Å². The van der Waals surface area contributed by atoms with E-state index in [9.17, 15) is 18.0 Å². The van der Waals surface area contributed by atoms with Gasteiger partial charge in [-0.1, -0.05) is 26.3 Å². The maximum absolute atomic E-state index is 13.1. The van der Waals surface area contributed by atoms with Gasteiger partial charge in [-0.25, -0.2) is 0 Å². The number of alkyl halides is 3. The number of hydrogen-bond donors (Lipinski definition) is 0. The first-order chi connectivity index (χ1) is 16.1. The molecule has 1 aromatic rings. The lowest BCUT2D eigenvalue weighted by atomic mass is 9.53. The van der Waals surface area contributed by atoms with Crippen molar-refractivity contribution in [2.75, 3.05) is 37.6 Å². The van der Waals surface area contributed by atoms with Gasteiger partial charge in [-0.3, -0.25) is 9.69 Å². The Balaban J connectivity index is 1.12. The van der Waals surface area contributed by atoms with E-state index in [1.165, 1.54) is 25.0 Å². The first-order valence-electron chi connectivity index (χ1n) is 12.7. The van der Waals surface area contributed by atoms with Crippen LogP contribution < -0.4 is 4.90 Å². The Labute approximate surface area is 198 Å². The summed E-state index contributed by atoms with van der Waals surface area (Å²) in [5, 5.41) is 0. The maximum Gasteiger partial charge on any atom is 0.416 e. The number of carbonyl (C=O) groups excluding carboxylic acids is 1. The molecule has 6 rings (SSSR count). The predicted octanol–water partition coefficient (Wildman–Crippen LogP) is 4.35. The largest absolute Gasteiger partial charge is 0.462 e. The summed E-state index contributed by atoms with van der Waals surface area (Å²) in [6.45, 7) is 7.96. The van der Waals surface area contributed by atoms with Gasteiger partial charge in [-0.15, -0.1) is 0 Å². The number of anilines is 1. The molecule has 5 fully saturated rings. The van der Waals surface area contributed by atoms with Gasteiger partial charge in [0, 0.05) is 49.7 Å². The molecule has 7 atom stereocenters. The molecule has 1 aromatic carbocycles. The van der Waals surface area contributed by atoms with Crippen LogP contribution in [0.4, 0.5) is 18.9 Å². The smallest absolute Gasteiger partial charge is 0.416 e. The van der Waals surface area contributed by atoms with Crippen LogP contribution in [0, 0.1) is 23.2 Å². The summed E-state index contributed by atoms with van der Waals surface area (Å²) >= 11 is 0. The number of rotatable bonds is 3. The number of carbonyl (C=O) groups is 1. The summed E-state index contributed by atoms with van der Waals surface area (Å²) in [5.74, 6) is 0.330. The van der Waals surface area contributed by atoms with E-state index >= 15 is 0 Å². The van der Waals surface area contributed by atoms with Crippen LogP contribution in [0.1, 0.15) is 45.1 Å². The van der Waals surface area contributed by atoms with Crippen LogP contribution in [0.25, 0.3) is 0 Å². The van der Waals surface area contributed by atoms with Crippen molar-refractivity contribution in [3.05, 3.63) is 29.8 Å². The molecule has 0 N–H and O–H groups in total. The molecule has 3 heterocycles. The van der Waals surface area contributed by atoms with Gasteiger partial charge in [0.15, 0.2) is 0 Å². The minimum atomic E-state index is -4.34. The summed E-state index contributed by atoms with van der Waals surface area (Å²) in [4.78, 5) is 17.2. The Kier molecular flexibility index (Phi) is 5.06. The van der Waals surface area contributed by atoms with E-state index in [-0.39, 0.29) is 41.0 Å². The van der Waals surface area contributed by atoms with E-state index in [1.807, 2.05) is 4.90 Å². The molecule has 0 amide bonds. The fourth-order valence-electron chi connectivity index (χ4n) is 7.79. The summed E-state index contributed by atoms with van der Waals surface area (Å²) < 4.78 is 51.8. The fraction of sp³-hybridized carbons (Fsp3) is 0.731. The molecule has 1 spiro atoms. The van der Waals surface area contributed by atoms with Crippen LogP contribution in [0.15, 0.2) is 24.3 Å². The third kappa shape index (κ3) is 3.31. The topological polar surface area (TPSA) is 45.3 Å². The Morgan fingerprint density at radius 1 is 1.18 bits per heavy atom. The average molecular weight is 479 g/mol. The van der Waals surface area contributed by atoms with Gasteiger partial charge in [0.25, 0.3) is 0 Å². The second-order valence-electron chi connectivity index (χ2n) is 11.4.